The fraction of sp³-hybridized carbons (Fsp3) is 0.700. The van der Waals surface area contributed by atoms with Crippen molar-refractivity contribution in [2.45, 2.75) is 52.1 Å². The lowest BCUT2D eigenvalue weighted by Crippen LogP contribution is -2.47. The number of carbonyl (C=O) groups excluding carboxylic acids is 1. The Kier molecular flexibility index (Phi) is 7.95. The molecule has 1 aliphatic rings. The third-order valence-corrected chi connectivity index (χ3v) is 5.34. The molecule has 0 spiro atoms. The summed E-state index contributed by atoms with van der Waals surface area (Å²) in [6, 6.07) is 2.17. The van der Waals surface area contributed by atoms with Crippen LogP contribution < -0.4 is 10.6 Å². The molecule has 1 saturated heterocycles. The molecule has 152 valence electrons. The average molecular weight is 395 g/mol. The summed E-state index contributed by atoms with van der Waals surface area (Å²) in [6.07, 6.45) is 1.90. The highest BCUT2D eigenvalue weighted by Gasteiger charge is 2.27. The number of amides is 1. The van der Waals surface area contributed by atoms with Crippen LogP contribution in [0.15, 0.2) is 21.8 Å². The van der Waals surface area contributed by atoms with Gasteiger partial charge in [-0.3, -0.25) is 4.99 Å². The molecular weight excluding hydrogens is 360 g/mol. The molecule has 0 aromatic carbocycles. The van der Waals surface area contributed by atoms with Gasteiger partial charge >= 0.3 is 6.09 Å². The first kappa shape index (κ1) is 21.5. The highest BCUT2D eigenvalue weighted by atomic mass is 32.1. The van der Waals surface area contributed by atoms with Crippen molar-refractivity contribution >= 4 is 23.4 Å². The zero-order valence-corrected chi connectivity index (χ0v) is 18.1. The Morgan fingerprint density at radius 3 is 2.85 bits per heavy atom. The number of ether oxygens (including phenoxy) is 1. The van der Waals surface area contributed by atoms with Crippen molar-refractivity contribution in [3.05, 3.63) is 22.4 Å². The molecule has 1 aliphatic heterocycles. The molecule has 1 aromatic heterocycles. The van der Waals surface area contributed by atoms with Crippen molar-refractivity contribution in [2.75, 3.05) is 33.2 Å². The van der Waals surface area contributed by atoms with Crippen molar-refractivity contribution < 1.29 is 9.53 Å². The Hall–Kier alpha value is -1.76. The van der Waals surface area contributed by atoms with E-state index in [4.69, 9.17) is 4.74 Å². The van der Waals surface area contributed by atoms with Crippen molar-refractivity contribution in [3.63, 3.8) is 0 Å². The van der Waals surface area contributed by atoms with Gasteiger partial charge in [0.25, 0.3) is 0 Å². The summed E-state index contributed by atoms with van der Waals surface area (Å²) in [4.78, 5) is 18.4. The van der Waals surface area contributed by atoms with E-state index in [9.17, 15) is 4.79 Å². The second kappa shape index (κ2) is 9.97. The number of piperidine rings is 1. The molecule has 2 rings (SSSR count). The van der Waals surface area contributed by atoms with Gasteiger partial charge in [0, 0.05) is 33.2 Å². The molecule has 0 aliphatic carbocycles. The van der Waals surface area contributed by atoms with E-state index in [0.717, 1.165) is 45.0 Å². The monoisotopic (exact) mass is 394 g/mol. The number of nitrogens with one attached hydrogen (secondary N) is 2. The highest BCUT2D eigenvalue weighted by molar-refractivity contribution is 7.07. The van der Waals surface area contributed by atoms with E-state index >= 15 is 0 Å². The summed E-state index contributed by atoms with van der Waals surface area (Å²) in [5.41, 5.74) is 0.899. The van der Waals surface area contributed by atoms with Crippen LogP contribution in [-0.2, 0) is 4.74 Å². The number of thiophene rings is 1. The van der Waals surface area contributed by atoms with E-state index in [2.05, 4.69) is 39.4 Å². The number of rotatable bonds is 5. The van der Waals surface area contributed by atoms with E-state index in [1.807, 2.05) is 25.7 Å². The molecule has 27 heavy (non-hydrogen) atoms. The number of carbonyl (C=O) groups is 1. The summed E-state index contributed by atoms with van der Waals surface area (Å²) < 4.78 is 5.50. The summed E-state index contributed by atoms with van der Waals surface area (Å²) >= 11 is 1.73. The predicted molar refractivity (Wildman–Crippen MR) is 113 cm³/mol. The van der Waals surface area contributed by atoms with E-state index < -0.39 is 5.60 Å². The van der Waals surface area contributed by atoms with Gasteiger partial charge < -0.3 is 20.3 Å². The highest BCUT2D eigenvalue weighted by Crippen LogP contribution is 2.19. The van der Waals surface area contributed by atoms with Crippen LogP contribution >= 0.6 is 11.3 Å². The number of aliphatic imine (C=N–C) groups is 1. The standard InChI is InChI=1S/C20H34N4O2S/c1-15(17-8-10-27-14-17)11-22-18(21-5)23-12-16-7-6-9-24(13-16)19(25)26-20(2,3)4/h8,10,14-16H,6-7,9,11-13H2,1-5H3,(H2,21,22,23). The maximum atomic E-state index is 12.3. The predicted octanol–water partition coefficient (Wildman–Crippen LogP) is 3.66. The van der Waals surface area contributed by atoms with Crippen LogP contribution in [0.1, 0.15) is 52.0 Å². The minimum Gasteiger partial charge on any atom is -0.444 e. The van der Waals surface area contributed by atoms with Crippen LogP contribution in [0, 0.1) is 5.92 Å². The fourth-order valence-electron chi connectivity index (χ4n) is 3.11. The normalized spacial score (nSPS) is 19.5. The Bertz CT molecular complexity index is 610. The first-order chi connectivity index (χ1) is 12.8. The molecule has 0 saturated carbocycles. The maximum absolute atomic E-state index is 12.3. The maximum Gasteiger partial charge on any atom is 0.410 e. The lowest BCUT2D eigenvalue weighted by molar-refractivity contribution is 0.0168. The van der Waals surface area contributed by atoms with Crippen LogP contribution in [0.3, 0.4) is 0 Å². The largest absolute Gasteiger partial charge is 0.444 e. The molecule has 2 N–H and O–H groups in total. The van der Waals surface area contributed by atoms with Gasteiger partial charge in [0.2, 0.25) is 0 Å². The molecule has 7 heteroatoms. The van der Waals surface area contributed by atoms with E-state index in [1.54, 1.807) is 18.4 Å². The van der Waals surface area contributed by atoms with Gasteiger partial charge in [-0.1, -0.05) is 6.92 Å². The van der Waals surface area contributed by atoms with Gasteiger partial charge in [0.05, 0.1) is 0 Å². The minimum absolute atomic E-state index is 0.209. The molecule has 0 radical (unpaired) electrons. The Labute approximate surface area is 167 Å². The van der Waals surface area contributed by atoms with Crippen LogP contribution in [0.5, 0.6) is 0 Å². The third-order valence-electron chi connectivity index (χ3n) is 4.64. The van der Waals surface area contributed by atoms with Gasteiger partial charge in [-0.25, -0.2) is 4.79 Å². The Morgan fingerprint density at radius 2 is 2.22 bits per heavy atom. The quantitative estimate of drug-likeness (QED) is 0.591. The SMILES string of the molecule is CN=C(NCC1CCCN(C(=O)OC(C)(C)C)C1)NCC(C)c1ccsc1. The first-order valence-corrected chi connectivity index (χ1v) is 10.7. The van der Waals surface area contributed by atoms with Crippen LogP contribution in [0.2, 0.25) is 0 Å². The van der Waals surface area contributed by atoms with E-state index in [-0.39, 0.29) is 6.09 Å². The molecule has 1 amide bonds. The lowest BCUT2D eigenvalue weighted by Gasteiger charge is -2.34. The summed E-state index contributed by atoms with van der Waals surface area (Å²) in [5.74, 6) is 1.65. The smallest absolute Gasteiger partial charge is 0.410 e. The second-order valence-corrected chi connectivity index (χ2v) is 9.01. The van der Waals surface area contributed by atoms with Crippen LogP contribution in [-0.4, -0.2) is 55.8 Å². The summed E-state index contributed by atoms with van der Waals surface area (Å²) in [5, 5.41) is 11.1. The number of hydrogen-bond donors (Lipinski definition) is 2. The van der Waals surface area contributed by atoms with Gasteiger partial charge in [0.1, 0.15) is 5.60 Å². The van der Waals surface area contributed by atoms with Crippen molar-refractivity contribution in [1.82, 2.24) is 15.5 Å². The minimum atomic E-state index is -0.451. The number of guanidine groups is 1. The first-order valence-electron chi connectivity index (χ1n) is 9.73. The third kappa shape index (κ3) is 7.40. The molecule has 6 nitrogen and oxygen atoms in total. The van der Waals surface area contributed by atoms with Gasteiger partial charge in [-0.15, -0.1) is 0 Å². The fourth-order valence-corrected chi connectivity index (χ4v) is 3.89. The Morgan fingerprint density at radius 1 is 1.44 bits per heavy atom. The molecule has 0 bridgehead atoms. The number of nitrogens with zero attached hydrogens (tertiary/aromatic N) is 2. The zero-order chi connectivity index (χ0) is 19.9. The zero-order valence-electron chi connectivity index (χ0n) is 17.2. The molecule has 1 aromatic rings. The second-order valence-electron chi connectivity index (χ2n) is 8.23. The van der Waals surface area contributed by atoms with Crippen molar-refractivity contribution in [2.24, 2.45) is 10.9 Å². The molecule has 2 unspecified atom stereocenters. The number of likely N-dealkylation sites (tertiary alicyclic amines) is 1. The lowest BCUT2D eigenvalue weighted by atomic mass is 9.98. The van der Waals surface area contributed by atoms with Crippen molar-refractivity contribution in [3.8, 4) is 0 Å². The van der Waals surface area contributed by atoms with E-state index in [0.29, 0.717) is 11.8 Å². The van der Waals surface area contributed by atoms with Gasteiger partial charge in [-0.2, -0.15) is 11.3 Å². The molecule has 2 heterocycles. The van der Waals surface area contributed by atoms with Gasteiger partial charge in [0.15, 0.2) is 5.96 Å². The molecule has 1 fully saturated rings. The Balaban J connectivity index is 1.76. The van der Waals surface area contributed by atoms with Crippen LogP contribution in [0.25, 0.3) is 0 Å². The summed E-state index contributed by atoms with van der Waals surface area (Å²) in [6.45, 7) is 11.1. The van der Waals surface area contributed by atoms with Crippen LogP contribution in [0.4, 0.5) is 4.79 Å². The average Bonchev–Trinajstić information content (AvgIpc) is 3.15. The van der Waals surface area contributed by atoms with E-state index in [1.165, 1.54) is 5.56 Å². The topological polar surface area (TPSA) is 66.0 Å². The van der Waals surface area contributed by atoms with Gasteiger partial charge in [-0.05, 0) is 67.8 Å². The summed E-state index contributed by atoms with van der Waals surface area (Å²) in [7, 11) is 1.79. The number of hydrogen-bond acceptors (Lipinski definition) is 4. The molecule has 2 atom stereocenters. The van der Waals surface area contributed by atoms with Crippen molar-refractivity contribution in [1.29, 1.82) is 0 Å². The molecular formula is C20H34N4O2S.